The van der Waals surface area contributed by atoms with E-state index in [2.05, 4.69) is 34.7 Å². The molecule has 1 aliphatic carbocycles. The molecule has 116 valence electrons. The predicted octanol–water partition coefficient (Wildman–Crippen LogP) is 5.53. The van der Waals surface area contributed by atoms with Gasteiger partial charge in [0.2, 0.25) is 0 Å². The second-order valence-electron chi connectivity index (χ2n) is 5.61. The molecule has 2 atom stereocenters. The Hall–Kier alpha value is -0.680. The van der Waals surface area contributed by atoms with Crippen molar-refractivity contribution in [1.29, 1.82) is 0 Å². The van der Waals surface area contributed by atoms with Crippen molar-refractivity contribution >= 4 is 35.5 Å². The van der Waals surface area contributed by atoms with E-state index in [9.17, 15) is 4.57 Å². The van der Waals surface area contributed by atoms with E-state index in [0.717, 1.165) is 32.3 Å². The van der Waals surface area contributed by atoms with E-state index in [4.69, 9.17) is 9.05 Å². The van der Waals surface area contributed by atoms with Crippen LogP contribution in [0, 0.1) is 13.8 Å². The van der Waals surface area contributed by atoms with Crippen LogP contribution in [-0.4, -0.2) is 13.2 Å². The molecule has 0 fully saturated rings. The van der Waals surface area contributed by atoms with E-state index in [-0.39, 0.29) is 6.10 Å². The standard InChI is InChI=1S/C17H18IO3P/c1-11-8-12(2)10-14(9-11)17-15(18)16(13-6-4-5-7-13)21-22(17,19)20-3/h4-6,8-10,16H,7H2,1-3H3. The van der Waals surface area contributed by atoms with Crippen LogP contribution >= 0.6 is 30.2 Å². The van der Waals surface area contributed by atoms with Gasteiger partial charge in [-0.2, -0.15) is 0 Å². The Labute approximate surface area is 144 Å². The third-order valence-corrected chi connectivity index (χ3v) is 7.39. The highest BCUT2D eigenvalue weighted by Crippen LogP contribution is 2.69. The van der Waals surface area contributed by atoms with E-state index in [1.165, 1.54) is 7.11 Å². The van der Waals surface area contributed by atoms with Crippen LogP contribution in [0.3, 0.4) is 0 Å². The Morgan fingerprint density at radius 3 is 2.50 bits per heavy atom. The molecule has 0 N–H and O–H groups in total. The van der Waals surface area contributed by atoms with Gasteiger partial charge in [0.15, 0.2) is 0 Å². The molecule has 0 saturated carbocycles. The summed E-state index contributed by atoms with van der Waals surface area (Å²) in [6.07, 6.45) is 6.69. The molecule has 0 radical (unpaired) electrons. The first kappa shape index (κ1) is 16.2. The first-order chi connectivity index (χ1) is 10.4. The number of rotatable bonds is 3. The Bertz CT molecular complexity index is 741. The maximum atomic E-state index is 13.2. The van der Waals surface area contributed by atoms with Crippen molar-refractivity contribution < 1.29 is 13.6 Å². The Morgan fingerprint density at radius 2 is 1.95 bits per heavy atom. The molecule has 3 nitrogen and oxygen atoms in total. The average Bonchev–Trinajstić information content (AvgIpc) is 3.05. The van der Waals surface area contributed by atoms with Gasteiger partial charge in [0.1, 0.15) is 6.10 Å². The molecular weight excluding hydrogens is 410 g/mol. The Balaban J connectivity index is 2.13. The van der Waals surface area contributed by atoms with E-state index in [0.29, 0.717) is 5.31 Å². The van der Waals surface area contributed by atoms with E-state index >= 15 is 0 Å². The molecule has 22 heavy (non-hydrogen) atoms. The second kappa shape index (κ2) is 6.08. The number of hydrogen-bond donors (Lipinski definition) is 0. The lowest BCUT2D eigenvalue weighted by Gasteiger charge is -2.16. The van der Waals surface area contributed by atoms with Crippen molar-refractivity contribution in [3.63, 3.8) is 0 Å². The van der Waals surface area contributed by atoms with Crippen LogP contribution in [0.5, 0.6) is 0 Å². The van der Waals surface area contributed by atoms with Gasteiger partial charge < -0.3 is 4.52 Å². The summed E-state index contributed by atoms with van der Waals surface area (Å²) in [4.78, 5) is 0. The van der Waals surface area contributed by atoms with Gasteiger partial charge in [-0.05, 0) is 54.0 Å². The molecule has 0 bridgehead atoms. The summed E-state index contributed by atoms with van der Waals surface area (Å²) >= 11 is 2.26. The third kappa shape index (κ3) is 2.78. The summed E-state index contributed by atoms with van der Waals surface area (Å²) in [5.41, 5.74) is 4.33. The summed E-state index contributed by atoms with van der Waals surface area (Å²) < 4.78 is 25.3. The molecule has 1 aromatic rings. The van der Waals surface area contributed by atoms with Crippen LogP contribution in [-0.2, 0) is 13.6 Å². The molecule has 5 heteroatoms. The summed E-state index contributed by atoms with van der Waals surface area (Å²) in [7, 11) is -1.83. The first-order valence-electron chi connectivity index (χ1n) is 7.13. The minimum Gasteiger partial charge on any atom is -0.309 e. The summed E-state index contributed by atoms with van der Waals surface area (Å²) in [5.74, 6) is 0. The molecular formula is C17H18IO3P. The van der Waals surface area contributed by atoms with Crippen molar-refractivity contribution in [2.45, 2.75) is 26.4 Å². The fourth-order valence-electron chi connectivity index (χ4n) is 2.92. The van der Waals surface area contributed by atoms with Crippen LogP contribution in [0.4, 0.5) is 0 Å². The molecule has 1 aromatic carbocycles. The van der Waals surface area contributed by atoms with E-state index in [1.54, 1.807) is 0 Å². The van der Waals surface area contributed by atoms with Crippen molar-refractivity contribution in [3.8, 4) is 0 Å². The molecule has 2 aliphatic rings. The highest BCUT2D eigenvalue weighted by molar-refractivity contribution is 14.1. The van der Waals surface area contributed by atoms with Crippen molar-refractivity contribution in [2.24, 2.45) is 0 Å². The summed E-state index contributed by atoms with van der Waals surface area (Å²) in [5, 5.41) is 0.709. The minimum absolute atomic E-state index is 0.266. The quantitative estimate of drug-likeness (QED) is 0.469. The van der Waals surface area contributed by atoms with Crippen molar-refractivity contribution in [3.05, 3.63) is 62.3 Å². The van der Waals surface area contributed by atoms with Gasteiger partial charge in [0, 0.05) is 10.7 Å². The molecule has 1 aliphatic heterocycles. The molecule has 2 unspecified atom stereocenters. The Morgan fingerprint density at radius 1 is 1.27 bits per heavy atom. The second-order valence-corrected chi connectivity index (χ2v) is 8.79. The van der Waals surface area contributed by atoms with Crippen LogP contribution in [0.25, 0.3) is 5.31 Å². The van der Waals surface area contributed by atoms with Gasteiger partial charge in [0.25, 0.3) is 0 Å². The fourth-order valence-corrected chi connectivity index (χ4v) is 6.57. The van der Waals surface area contributed by atoms with Crippen LogP contribution in [0.2, 0.25) is 0 Å². The van der Waals surface area contributed by atoms with Gasteiger partial charge in [0.05, 0.1) is 5.31 Å². The maximum absolute atomic E-state index is 13.2. The molecule has 0 spiro atoms. The van der Waals surface area contributed by atoms with Gasteiger partial charge >= 0.3 is 7.60 Å². The van der Waals surface area contributed by atoms with Crippen molar-refractivity contribution in [1.82, 2.24) is 0 Å². The maximum Gasteiger partial charge on any atom is 0.363 e. The SMILES string of the molecule is COP1(=O)OC(C2=CC=CC2)C(I)=C1c1cc(C)cc(C)c1. The van der Waals surface area contributed by atoms with Gasteiger partial charge in [-0.3, -0.25) is 9.09 Å². The monoisotopic (exact) mass is 428 g/mol. The zero-order chi connectivity index (χ0) is 15.9. The van der Waals surface area contributed by atoms with Gasteiger partial charge in [-0.1, -0.05) is 47.6 Å². The summed E-state index contributed by atoms with van der Waals surface area (Å²) in [6, 6.07) is 6.19. The van der Waals surface area contributed by atoms with Crippen molar-refractivity contribution in [2.75, 3.05) is 7.11 Å². The highest BCUT2D eigenvalue weighted by Gasteiger charge is 2.45. The van der Waals surface area contributed by atoms with Gasteiger partial charge in [-0.25, -0.2) is 0 Å². The topological polar surface area (TPSA) is 35.5 Å². The largest absolute Gasteiger partial charge is 0.363 e. The highest BCUT2D eigenvalue weighted by atomic mass is 127. The lowest BCUT2D eigenvalue weighted by molar-refractivity contribution is 0.231. The molecule has 0 amide bonds. The zero-order valence-electron chi connectivity index (χ0n) is 12.8. The Kier molecular flexibility index (Phi) is 4.47. The number of halogens is 1. The van der Waals surface area contributed by atoms with Crippen LogP contribution < -0.4 is 0 Å². The molecule has 0 saturated heterocycles. The third-order valence-electron chi connectivity index (χ3n) is 3.85. The number of benzene rings is 1. The fraction of sp³-hybridized carbons (Fsp3) is 0.294. The normalized spacial score (nSPS) is 27.6. The zero-order valence-corrected chi connectivity index (χ0v) is 15.9. The molecule has 3 rings (SSSR count). The first-order valence-corrected chi connectivity index (χ1v) is 9.75. The van der Waals surface area contributed by atoms with Crippen LogP contribution in [0.15, 0.2) is 45.6 Å². The van der Waals surface area contributed by atoms with Gasteiger partial charge in [-0.15, -0.1) is 0 Å². The molecule has 1 heterocycles. The van der Waals surface area contributed by atoms with E-state index in [1.807, 2.05) is 38.1 Å². The number of aryl methyl sites for hydroxylation is 2. The smallest absolute Gasteiger partial charge is 0.309 e. The predicted molar refractivity (Wildman–Crippen MR) is 98.2 cm³/mol. The summed E-state index contributed by atoms with van der Waals surface area (Å²) in [6.45, 7) is 4.08. The minimum atomic E-state index is -3.28. The lowest BCUT2D eigenvalue weighted by Crippen LogP contribution is -2.08. The van der Waals surface area contributed by atoms with Crippen LogP contribution in [0.1, 0.15) is 23.1 Å². The molecule has 0 aromatic heterocycles. The number of allylic oxidation sites excluding steroid dienone is 3. The number of hydrogen-bond acceptors (Lipinski definition) is 3. The lowest BCUT2D eigenvalue weighted by atomic mass is 10.0. The average molecular weight is 428 g/mol. The van der Waals surface area contributed by atoms with E-state index < -0.39 is 7.60 Å².